The average Bonchev–Trinajstić information content (AvgIpc) is 3.03. The molecule has 1 N–H and O–H groups in total. The first kappa shape index (κ1) is 18.1. The second-order valence-electron chi connectivity index (χ2n) is 5.35. The van der Waals surface area contributed by atoms with Gasteiger partial charge in [-0.05, 0) is 23.8 Å². The van der Waals surface area contributed by atoms with Crippen LogP contribution in [0.15, 0.2) is 59.3 Å². The number of nitrogens with zero attached hydrogens (tertiary/aromatic N) is 3. The molecule has 134 valence electrons. The van der Waals surface area contributed by atoms with Gasteiger partial charge in [-0.2, -0.15) is 18.3 Å². The minimum Gasteiger partial charge on any atom is -0.307 e. The van der Waals surface area contributed by atoms with E-state index in [9.17, 15) is 18.0 Å². The highest BCUT2D eigenvalue weighted by atomic mass is 79.9. The van der Waals surface area contributed by atoms with E-state index in [1.54, 1.807) is 10.7 Å². The highest BCUT2D eigenvalue weighted by Crippen LogP contribution is 2.27. The summed E-state index contributed by atoms with van der Waals surface area (Å²) in [4.78, 5) is 15.5. The van der Waals surface area contributed by atoms with Crippen LogP contribution in [-0.4, -0.2) is 20.7 Å². The Morgan fingerprint density at radius 1 is 1.15 bits per heavy atom. The molecule has 1 amide bonds. The van der Waals surface area contributed by atoms with Crippen LogP contribution in [0.5, 0.6) is 0 Å². The van der Waals surface area contributed by atoms with E-state index in [2.05, 4.69) is 31.3 Å². The number of benzene rings is 1. The molecule has 0 radical (unpaired) electrons. The fourth-order valence-corrected chi connectivity index (χ4v) is 2.65. The number of hydrogen-bond donors (Lipinski definition) is 1. The van der Waals surface area contributed by atoms with Crippen LogP contribution in [0, 0.1) is 0 Å². The molecule has 0 saturated heterocycles. The topological polar surface area (TPSA) is 59.8 Å². The molecule has 0 aliphatic rings. The van der Waals surface area contributed by atoms with Gasteiger partial charge in [0.1, 0.15) is 11.5 Å². The summed E-state index contributed by atoms with van der Waals surface area (Å²) in [5, 5.41) is 6.79. The Labute approximate surface area is 155 Å². The molecule has 0 fully saturated rings. The number of rotatable bonds is 4. The molecule has 0 aliphatic heterocycles. The van der Waals surface area contributed by atoms with Crippen molar-refractivity contribution in [2.45, 2.75) is 12.7 Å². The van der Waals surface area contributed by atoms with Gasteiger partial charge in [0, 0.05) is 16.7 Å². The Bertz CT molecular complexity index is 922. The van der Waals surface area contributed by atoms with E-state index in [0.717, 1.165) is 28.4 Å². The zero-order chi connectivity index (χ0) is 18.7. The third kappa shape index (κ3) is 4.10. The van der Waals surface area contributed by atoms with Crippen LogP contribution in [0.1, 0.15) is 21.6 Å². The van der Waals surface area contributed by atoms with Crippen LogP contribution in [0.3, 0.4) is 0 Å². The number of halogens is 4. The summed E-state index contributed by atoms with van der Waals surface area (Å²) in [6.45, 7) is 0.412. The van der Waals surface area contributed by atoms with Gasteiger partial charge in [0.05, 0.1) is 18.3 Å². The van der Waals surface area contributed by atoms with Gasteiger partial charge in [-0.3, -0.25) is 9.78 Å². The smallest absolute Gasteiger partial charge is 0.307 e. The molecule has 3 rings (SSSR count). The molecule has 1 aromatic carbocycles. The average molecular weight is 425 g/mol. The molecule has 0 spiro atoms. The predicted molar refractivity (Wildman–Crippen MR) is 92.7 cm³/mol. The van der Waals surface area contributed by atoms with Gasteiger partial charge in [0.2, 0.25) is 0 Å². The van der Waals surface area contributed by atoms with Crippen molar-refractivity contribution in [2.75, 3.05) is 5.32 Å². The Balaban J connectivity index is 1.75. The number of hydrogen-bond acceptors (Lipinski definition) is 3. The fourth-order valence-electron chi connectivity index (χ4n) is 2.24. The molecule has 0 saturated carbocycles. The number of amides is 1. The Morgan fingerprint density at radius 3 is 2.58 bits per heavy atom. The zero-order valence-electron chi connectivity index (χ0n) is 13.2. The van der Waals surface area contributed by atoms with E-state index < -0.39 is 17.8 Å². The lowest BCUT2D eigenvalue weighted by Gasteiger charge is -2.11. The fraction of sp³-hybridized carbons (Fsp3) is 0.118. The van der Waals surface area contributed by atoms with Crippen molar-refractivity contribution in [3.8, 4) is 0 Å². The molecule has 2 heterocycles. The summed E-state index contributed by atoms with van der Waals surface area (Å²) in [5.74, 6) is -0.147. The van der Waals surface area contributed by atoms with Crippen molar-refractivity contribution in [3.63, 3.8) is 0 Å². The van der Waals surface area contributed by atoms with E-state index in [-0.39, 0.29) is 5.56 Å². The second kappa shape index (κ2) is 7.28. The lowest BCUT2D eigenvalue weighted by Crippen LogP contribution is -2.17. The summed E-state index contributed by atoms with van der Waals surface area (Å²) in [6.07, 6.45) is -2.12. The number of carbonyl (C=O) groups excluding carboxylic acids is 1. The number of carbonyl (C=O) groups is 1. The zero-order valence-corrected chi connectivity index (χ0v) is 14.8. The molecule has 0 bridgehead atoms. The first-order chi connectivity index (χ1) is 12.3. The van der Waals surface area contributed by atoms with Gasteiger partial charge >= 0.3 is 6.18 Å². The third-order valence-electron chi connectivity index (χ3n) is 3.55. The molecule has 26 heavy (non-hydrogen) atoms. The van der Waals surface area contributed by atoms with Gasteiger partial charge in [0.25, 0.3) is 5.91 Å². The van der Waals surface area contributed by atoms with Crippen LogP contribution in [0.25, 0.3) is 0 Å². The second-order valence-corrected chi connectivity index (χ2v) is 6.20. The lowest BCUT2D eigenvalue weighted by atomic mass is 10.2. The summed E-state index contributed by atoms with van der Waals surface area (Å²) in [7, 11) is 0. The van der Waals surface area contributed by atoms with E-state index in [1.807, 2.05) is 24.3 Å². The largest absolute Gasteiger partial charge is 0.433 e. The van der Waals surface area contributed by atoms with Crippen molar-refractivity contribution in [2.24, 2.45) is 0 Å². The molecule has 0 atom stereocenters. The highest BCUT2D eigenvalue weighted by Gasteiger charge is 2.32. The van der Waals surface area contributed by atoms with Gasteiger partial charge in [-0.15, -0.1) is 0 Å². The van der Waals surface area contributed by atoms with Crippen LogP contribution >= 0.6 is 15.9 Å². The SMILES string of the molecule is O=C(Nc1ccnn1Cc1ccccc1Br)c1ccc(C(F)(F)F)nc1. The first-order valence-corrected chi connectivity index (χ1v) is 8.24. The standard InChI is InChI=1S/C17H12BrF3N4O/c18-13-4-2-1-3-12(13)10-25-15(7-8-23-25)24-16(26)11-5-6-14(22-9-11)17(19,20)21/h1-9H,10H2,(H,24,26). The third-order valence-corrected chi connectivity index (χ3v) is 4.33. The van der Waals surface area contributed by atoms with Gasteiger partial charge in [0.15, 0.2) is 0 Å². The number of alkyl halides is 3. The first-order valence-electron chi connectivity index (χ1n) is 7.44. The van der Waals surface area contributed by atoms with Crippen molar-refractivity contribution in [1.29, 1.82) is 0 Å². The van der Waals surface area contributed by atoms with Gasteiger partial charge in [-0.25, -0.2) is 4.68 Å². The molecular weight excluding hydrogens is 413 g/mol. The molecule has 3 aromatic rings. The predicted octanol–water partition coefficient (Wildman–Crippen LogP) is 4.36. The van der Waals surface area contributed by atoms with Crippen LogP contribution < -0.4 is 5.32 Å². The van der Waals surface area contributed by atoms with Crippen LogP contribution in [-0.2, 0) is 12.7 Å². The van der Waals surface area contributed by atoms with Crippen LogP contribution in [0.4, 0.5) is 19.0 Å². The number of nitrogens with one attached hydrogen (secondary N) is 1. The van der Waals surface area contributed by atoms with Gasteiger partial charge in [-0.1, -0.05) is 34.1 Å². The normalized spacial score (nSPS) is 11.4. The minimum absolute atomic E-state index is 0.0200. The Morgan fingerprint density at radius 2 is 1.92 bits per heavy atom. The molecular formula is C17H12BrF3N4O. The Kier molecular flexibility index (Phi) is 5.08. The maximum absolute atomic E-state index is 12.5. The van der Waals surface area contributed by atoms with Crippen molar-refractivity contribution >= 4 is 27.7 Å². The van der Waals surface area contributed by atoms with E-state index in [4.69, 9.17) is 0 Å². The summed E-state index contributed by atoms with van der Waals surface area (Å²) in [6, 6.07) is 11.0. The summed E-state index contributed by atoms with van der Waals surface area (Å²) in [5.41, 5.74) is -0.0671. The number of anilines is 1. The maximum Gasteiger partial charge on any atom is 0.433 e. The molecule has 5 nitrogen and oxygen atoms in total. The van der Waals surface area contributed by atoms with Crippen molar-refractivity contribution in [1.82, 2.24) is 14.8 Å². The Hall–Kier alpha value is -2.68. The number of aromatic nitrogens is 3. The highest BCUT2D eigenvalue weighted by molar-refractivity contribution is 9.10. The lowest BCUT2D eigenvalue weighted by molar-refractivity contribution is -0.141. The van der Waals surface area contributed by atoms with E-state index in [0.29, 0.717) is 12.4 Å². The molecule has 9 heteroatoms. The van der Waals surface area contributed by atoms with Crippen molar-refractivity contribution in [3.05, 3.63) is 76.2 Å². The molecule has 0 unspecified atom stereocenters. The maximum atomic E-state index is 12.5. The van der Waals surface area contributed by atoms with E-state index >= 15 is 0 Å². The molecule has 2 aromatic heterocycles. The monoisotopic (exact) mass is 424 g/mol. The molecule has 0 aliphatic carbocycles. The minimum atomic E-state index is -4.54. The van der Waals surface area contributed by atoms with E-state index in [1.165, 1.54) is 6.20 Å². The van der Waals surface area contributed by atoms with Crippen molar-refractivity contribution < 1.29 is 18.0 Å². The quantitative estimate of drug-likeness (QED) is 0.676. The van der Waals surface area contributed by atoms with Gasteiger partial charge < -0.3 is 5.32 Å². The summed E-state index contributed by atoms with van der Waals surface area (Å²) < 4.78 is 40.1. The number of pyridine rings is 1. The van der Waals surface area contributed by atoms with Crippen LogP contribution in [0.2, 0.25) is 0 Å². The summed E-state index contributed by atoms with van der Waals surface area (Å²) >= 11 is 3.45.